The van der Waals surface area contributed by atoms with Crippen LogP contribution in [-0.2, 0) is 6.54 Å². The van der Waals surface area contributed by atoms with Crippen molar-refractivity contribution in [3.8, 4) is 0 Å². The summed E-state index contributed by atoms with van der Waals surface area (Å²) in [6, 6.07) is 16.6. The standard InChI is InChI=1S/C26H30N4O/c1-19(2)30-25-11-6-5-10-24(25)29(26(30)31)15-7-14-28-16-12-20(13-17-28)22-18-27-23-9-4-3-8-21(22)23/h3-6,8-11,18,20,27H,1,7,12-17H2,2H3. The first kappa shape index (κ1) is 19.9. The van der Waals surface area contributed by atoms with Gasteiger partial charge in [0.2, 0.25) is 0 Å². The van der Waals surface area contributed by atoms with Crippen LogP contribution in [0.15, 0.2) is 66.1 Å². The van der Waals surface area contributed by atoms with Crippen LogP contribution in [0.2, 0.25) is 0 Å². The Morgan fingerprint density at radius 1 is 1.03 bits per heavy atom. The molecule has 1 aliphatic heterocycles. The summed E-state index contributed by atoms with van der Waals surface area (Å²) in [6.07, 6.45) is 5.56. The zero-order valence-electron chi connectivity index (χ0n) is 18.2. The van der Waals surface area contributed by atoms with Crippen LogP contribution < -0.4 is 5.69 Å². The lowest BCUT2D eigenvalue weighted by molar-refractivity contribution is 0.207. The van der Waals surface area contributed by atoms with Crippen molar-refractivity contribution in [3.05, 3.63) is 77.4 Å². The SMILES string of the molecule is C=C(C)n1c(=O)n(CCCN2CCC(c3c[nH]c4ccccc34)CC2)c2ccccc21. The van der Waals surface area contributed by atoms with E-state index in [9.17, 15) is 4.79 Å². The third-order valence-electron chi connectivity index (χ3n) is 6.72. The molecule has 4 aromatic rings. The molecule has 3 heterocycles. The van der Waals surface area contributed by atoms with E-state index in [-0.39, 0.29) is 5.69 Å². The highest BCUT2D eigenvalue weighted by molar-refractivity contribution is 5.83. The van der Waals surface area contributed by atoms with Gasteiger partial charge in [0.05, 0.1) is 11.0 Å². The number of piperidine rings is 1. The summed E-state index contributed by atoms with van der Waals surface area (Å²) in [5.74, 6) is 0.628. The van der Waals surface area contributed by atoms with Gasteiger partial charge in [-0.05, 0) is 75.5 Å². The van der Waals surface area contributed by atoms with Crippen LogP contribution in [0, 0.1) is 0 Å². The monoisotopic (exact) mass is 414 g/mol. The van der Waals surface area contributed by atoms with Crippen molar-refractivity contribution in [2.45, 2.75) is 38.6 Å². The van der Waals surface area contributed by atoms with Gasteiger partial charge in [-0.3, -0.25) is 9.13 Å². The first-order chi connectivity index (χ1) is 15.1. The number of H-pyrrole nitrogens is 1. The normalized spacial score (nSPS) is 15.8. The number of hydrogen-bond acceptors (Lipinski definition) is 2. The summed E-state index contributed by atoms with van der Waals surface area (Å²) in [5, 5.41) is 1.37. The summed E-state index contributed by atoms with van der Waals surface area (Å²) in [4.78, 5) is 18.9. The molecule has 160 valence electrons. The number of aromatic nitrogens is 3. The predicted molar refractivity (Wildman–Crippen MR) is 129 cm³/mol. The van der Waals surface area contributed by atoms with Gasteiger partial charge in [-0.25, -0.2) is 4.79 Å². The molecule has 5 rings (SSSR count). The van der Waals surface area contributed by atoms with Crippen LogP contribution in [0.1, 0.15) is 37.7 Å². The first-order valence-electron chi connectivity index (χ1n) is 11.3. The van der Waals surface area contributed by atoms with Crippen LogP contribution >= 0.6 is 0 Å². The lowest BCUT2D eigenvalue weighted by Gasteiger charge is -2.32. The van der Waals surface area contributed by atoms with E-state index in [4.69, 9.17) is 0 Å². The highest BCUT2D eigenvalue weighted by Crippen LogP contribution is 2.33. The van der Waals surface area contributed by atoms with Gasteiger partial charge in [0.25, 0.3) is 0 Å². The van der Waals surface area contributed by atoms with Gasteiger partial charge in [0.1, 0.15) is 0 Å². The maximum Gasteiger partial charge on any atom is 0.333 e. The fourth-order valence-electron chi connectivity index (χ4n) is 5.15. The molecule has 5 nitrogen and oxygen atoms in total. The molecule has 2 aromatic carbocycles. The van der Waals surface area contributed by atoms with Crippen molar-refractivity contribution in [2.24, 2.45) is 0 Å². The zero-order chi connectivity index (χ0) is 21.4. The van der Waals surface area contributed by atoms with Crippen molar-refractivity contribution in [1.82, 2.24) is 19.0 Å². The van der Waals surface area contributed by atoms with Gasteiger partial charge in [-0.2, -0.15) is 0 Å². The number of aromatic amines is 1. The van der Waals surface area contributed by atoms with E-state index in [0.29, 0.717) is 5.92 Å². The minimum absolute atomic E-state index is 0.0201. The molecule has 0 bridgehead atoms. The van der Waals surface area contributed by atoms with Gasteiger partial charge >= 0.3 is 5.69 Å². The van der Waals surface area contributed by atoms with Crippen molar-refractivity contribution < 1.29 is 0 Å². The fraction of sp³-hybridized carbons (Fsp3) is 0.346. The first-order valence-corrected chi connectivity index (χ1v) is 11.3. The molecule has 1 N–H and O–H groups in total. The molecule has 0 radical (unpaired) electrons. The molecule has 1 aliphatic rings. The molecule has 0 unspecified atom stereocenters. The fourth-order valence-corrected chi connectivity index (χ4v) is 5.15. The van der Waals surface area contributed by atoms with Crippen LogP contribution in [0.4, 0.5) is 0 Å². The summed E-state index contributed by atoms with van der Waals surface area (Å²) in [6.45, 7) is 9.88. The van der Waals surface area contributed by atoms with Gasteiger partial charge in [0.15, 0.2) is 0 Å². The molecule has 5 heteroatoms. The number of para-hydroxylation sites is 3. The lowest BCUT2D eigenvalue weighted by atomic mass is 9.89. The number of hydrogen-bond donors (Lipinski definition) is 1. The van der Waals surface area contributed by atoms with E-state index in [0.717, 1.165) is 49.3 Å². The molecule has 0 atom stereocenters. The number of benzene rings is 2. The number of allylic oxidation sites excluding steroid dienone is 1. The average Bonchev–Trinajstić information content (AvgIpc) is 3.33. The van der Waals surface area contributed by atoms with E-state index >= 15 is 0 Å². The van der Waals surface area contributed by atoms with Crippen molar-refractivity contribution in [3.63, 3.8) is 0 Å². The largest absolute Gasteiger partial charge is 0.361 e. The molecular weight excluding hydrogens is 384 g/mol. The van der Waals surface area contributed by atoms with E-state index in [1.54, 1.807) is 4.57 Å². The van der Waals surface area contributed by atoms with E-state index in [1.165, 1.54) is 29.3 Å². The Hall–Kier alpha value is -3.05. The highest BCUT2D eigenvalue weighted by Gasteiger charge is 2.22. The van der Waals surface area contributed by atoms with Crippen LogP contribution in [0.5, 0.6) is 0 Å². The van der Waals surface area contributed by atoms with Crippen molar-refractivity contribution in [1.29, 1.82) is 0 Å². The number of rotatable bonds is 6. The predicted octanol–water partition coefficient (Wildman–Crippen LogP) is 5.04. The second-order valence-corrected chi connectivity index (χ2v) is 8.75. The molecule has 31 heavy (non-hydrogen) atoms. The summed E-state index contributed by atoms with van der Waals surface area (Å²) >= 11 is 0. The number of aryl methyl sites for hydroxylation is 1. The van der Waals surface area contributed by atoms with E-state index < -0.39 is 0 Å². The average molecular weight is 415 g/mol. The second kappa shape index (κ2) is 8.23. The molecular formula is C26H30N4O. The summed E-state index contributed by atoms with van der Waals surface area (Å²) < 4.78 is 3.63. The maximum absolute atomic E-state index is 12.9. The highest BCUT2D eigenvalue weighted by atomic mass is 16.1. The molecule has 1 saturated heterocycles. The Morgan fingerprint density at radius 2 is 1.74 bits per heavy atom. The Labute approximate surface area is 182 Å². The molecule has 2 aromatic heterocycles. The van der Waals surface area contributed by atoms with Crippen LogP contribution in [0.25, 0.3) is 27.6 Å². The number of nitrogens with one attached hydrogen (secondary N) is 1. The smallest absolute Gasteiger partial charge is 0.333 e. The molecule has 0 aliphatic carbocycles. The van der Waals surface area contributed by atoms with Crippen molar-refractivity contribution in [2.75, 3.05) is 19.6 Å². The lowest BCUT2D eigenvalue weighted by Crippen LogP contribution is -2.34. The molecule has 1 fully saturated rings. The van der Waals surface area contributed by atoms with Gasteiger partial charge in [-0.15, -0.1) is 0 Å². The summed E-state index contributed by atoms with van der Waals surface area (Å²) in [7, 11) is 0. The molecule has 0 spiro atoms. The van der Waals surface area contributed by atoms with E-state index in [2.05, 4.69) is 46.9 Å². The third kappa shape index (κ3) is 3.63. The quantitative estimate of drug-likeness (QED) is 0.480. The Bertz CT molecular complexity index is 1280. The summed E-state index contributed by atoms with van der Waals surface area (Å²) in [5.41, 5.74) is 5.42. The zero-order valence-corrected chi connectivity index (χ0v) is 18.2. The van der Waals surface area contributed by atoms with Gasteiger partial charge < -0.3 is 9.88 Å². The Kier molecular flexibility index (Phi) is 5.28. The maximum atomic E-state index is 12.9. The number of likely N-dealkylation sites (tertiary alicyclic amines) is 1. The van der Waals surface area contributed by atoms with E-state index in [1.807, 2.05) is 35.8 Å². The van der Waals surface area contributed by atoms with Crippen molar-refractivity contribution >= 4 is 27.6 Å². The van der Waals surface area contributed by atoms with Gasteiger partial charge in [-0.1, -0.05) is 36.9 Å². The number of imidazole rings is 1. The minimum Gasteiger partial charge on any atom is -0.361 e. The minimum atomic E-state index is 0.0201. The number of nitrogens with zero attached hydrogens (tertiary/aromatic N) is 3. The van der Waals surface area contributed by atoms with Crippen LogP contribution in [-0.4, -0.2) is 38.7 Å². The Balaban J connectivity index is 1.21. The Morgan fingerprint density at radius 3 is 2.52 bits per heavy atom. The second-order valence-electron chi connectivity index (χ2n) is 8.75. The topological polar surface area (TPSA) is 46.0 Å². The van der Waals surface area contributed by atoms with Gasteiger partial charge in [0, 0.05) is 29.3 Å². The molecule has 0 amide bonds. The van der Waals surface area contributed by atoms with Crippen LogP contribution in [0.3, 0.4) is 0 Å². The third-order valence-corrected chi connectivity index (χ3v) is 6.72. The molecule has 0 saturated carbocycles. The number of fused-ring (bicyclic) bond motifs is 2.